The van der Waals surface area contributed by atoms with E-state index in [1.807, 2.05) is 36.9 Å². The molecule has 0 spiro atoms. The average Bonchev–Trinajstić information content (AvgIpc) is 3.16. The van der Waals surface area contributed by atoms with Crippen molar-refractivity contribution in [2.24, 2.45) is 0 Å². The number of fused-ring (bicyclic) bond motifs is 1. The zero-order valence-electron chi connectivity index (χ0n) is 17.2. The van der Waals surface area contributed by atoms with Crippen molar-refractivity contribution in [1.82, 2.24) is 24.8 Å². The van der Waals surface area contributed by atoms with Crippen LogP contribution in [0.2, 0.25) is 0 Å². The van der Waals surface area contributed by atoms with Crippen LogP contribution in [0.3, 0.4) is 0 Å². The van der Waals surface area contributed by atoms with Crippen LogP contribution in [0.4, 0.5) is 4.79 Å². The summed E-state index contributed by atoms with van der Waals surface area (Å²) in [5.74, 6) is 0.176. The van der Waals surface area contributed by atoms with Crippen molar-refractivity contribution in [2.45, 2.75) is 57.0 Å². The summed E-state index contributed by atoms with van der Waals surface area (Å²) in [6.07, 6.45) is 3.68. The lowest BCUT2D eigenvalue weighted by molar-refractivity contribution is 0.187. The summed E-state index contributed by atoms with van der Waals surface area (Å²) in [5.41, 5.74) is 1.52. The second kappa shape index (κ2) is 7.19. The summed E-state index contributed by atoms with van der Waals surface area (Å²) < 4.78 is 1.37. The molecule has 8 heteroatoms. The van der Waals surface area contributed by atoms with Crippen molar-refractivity contribution < 1.29 is 4.79 Å². The Morgan fingerprint density at radius 2 is 2.03 bits per heavy atom. The summed E-state index contributed by atoms with van der Waals surface area (Å²) >= 11 is 1.41. The number of likely N-dealkylation sites (tertiary alicyclic amines) is 1. The molecule has 0 bridgehead atoms. The van der Waals surface area contributed by atoms with Gasteiger partial charge in [0.2, 0.25) is 4.96 Å². The Morgan fingerprint density at radius 3 is 2.73 bits per heavy atom. The maximum Gasteiger partial charge on any atom is 0.318 e. The van der Waals surface area contributed by atoms with E-state index in [2.05, 4.69) is 27.5 Å². The van der Waals surface area contributed by atoms with Gasteiger partial charge in [0.25, 0.3) is 5.56 Å². The summed E-state index contributed by atoms with van der Waals surface area (Å²) in [4.78, 5) is 32.7. The third-order valence-corrected chi connectivity index (χ3v) is 7.10. The fourth-order valence-corrected chi connectivity index (χ4v) is 5.24. The number of carbonyl (C=O) groups is 1. The van der Waals surface area contributed by atoms with Gasteiger partial charge in [-0.15, -0.1) is 0 Å². The molecule has 1 aromatic carbocycles. The third-order valence-electron chi connectivity index (χ3n) is 6.09. The highest BCUT2D eigenvalue weighted by atomic mass is 32.1. The average molecular weight is 424 g/mol. The molecule has 1 aliphatic carbocycles. The summed E-state index contributed by atoms with van der Waals surface area (Å²) in [5, 5.41) is 8.59. The lowest BCUT2D eigenvalue weighted by Gasteiger charge is -2.27. The van der Waals surface area contributed by atoms with Crippen molar-refractivity contribution in [3.8, 4) is 0 Å². The third kappa shape index (κ3) is 3.29. The number of hydrogen-bond acceptors (Lipinski definition) is 5. The second-order valence-electron chi connectivity index (χ2n) is 8.54. The molecule has 7 nitrogen and oxygen atoms in total. The smallest absolute Gasteiger partial charge is 0.318 e. The quantitative estimate of drug-likeness (QED) is 0.692. The summed E-state index contributed by atoms with van der Waals surface area (Å²) in [7, 11) is 0. The van der Waals surface area contributed by atoms with E-state index in [1.54, 1.807) is 6.07 Å². The Kier molecular flexibility index (Phi) is 4.61. The van der Waals surface area contributed by atoms with Crippen LogP contribution in [0, 0.1) is 0 Å². The zero-order chi connectivity index (χ0) is 20.9. The van der Waals surface area contributed by atoms with Crippen molar-refractivity contribution in [3.05, 3.63) is 63.0 Å². The molecule has 156 valence electrons. The predicted molar refractivity (Wildman–Crippen MR) is 116 cm³/mol. The molecule has 1 aliphatic heterocycles. The van der Waals surface area contributed by atoms with Crippen molar-refractivity contribution in [1.29, 1.82) is 0 Å². The fourth-order valence-electron chi connectivity index (χ4n) is 4.18. The van der Waals surface area contributed by atoms with E-state index in [4.69, 9.17) is 0 Å². The van der Waals surface area contributed by atoms with E-state index >= 15 is 0 Å². The molecule has 2 fully saturated rings. The lowest BCUT2D eigenvalue weighted by atomic mass is 10.1. The first-order chi connectivity index (χ1) is 14.5. The van der Waals surface area contributed by atoms with E-state index in [9.17, 15) is 9.59 Å². The maximum absolute atomic E-state index is 13.2. The van der Waals surface area contributed by atoms with Gasteiger partial charge in [0, 0.05) is 12.6 Å². The molecule has 2 aliphatic rings. The Bertz CT molecular complexity index is 1150. The highest BCUT2D eigenvalue weighted by Crippen LogP contribution is 2.46. The standard InChI is InChI=1S/C22H25N5O2S/c1-14(2)16-13-18(28)27-21(23-16)30-19(25-27)17-9-6-12-26(17)20(29)24-22(10-11-22)15-7-4-3-5-8-15/h3-5,7-8,13-14,17H,6,9-12H2,1-2H3,(H,24,29)/t17-/m1/s1. The van der Waals surface area contributed by atoms with Gasteiger partial charge in [0.15, 0.2) is 0 Å². The molecule has 3 heterocycles. The van der Waals surface area contributed by atoms with Gasteiger partial charge in [0.1, 0.15) is 5.01 Å². The van der Waals surface area contributed by atoms with Gasteiger partial charge >= 0.3 is 6.03 Å². The van der Waals surface area contributed by atoms with Gasteiger partial charge in [-0.25, -0.2) is 9.78 Å². The highest BCUT2D eigenvalue weighted by Gasteiger charge is 2.47. The molecule has 2 amide bonds. The van der Waals surface area contributed by atoms with Crippen molar-refractivity contribution >= 4 is 22.3 Å². The fraction of sp³-hybridized carbons (Fsp3) is 0.455. The molecule has 3 aromatic rings. The lowest BCUT2D eigenvalue weighted by Crippen LogP contribution is -2.44. The largest absolute Gasteiger partial charge is 0.328 e. The number of nitrogens with one attached hydrogen (secondary N) is 1. The Morgan fingerprint density at radius 1 is 1.27 bits per heavy atom. The van der Waals surface area contributed by atoms with Gasteiger partial charge in [-0.05, 0) is 37.2 Å². The molecule has 1 saturated carbocycles. The number of hydrogen-bond donors (Lipinski definition) is 1. The molecule has 0 radical (unpaired) electrons. The molecule has 30 heavy (non-hydrogen) atoms. The topological polar surface area (TPSA) is 79.6 Å². The predicted octanol–water partition coefficient (Wildman–Crippen LogP) is 3.81. The molecule has 1 N–H and O–H groups in total. The minimum Gasteiger partial charge on any atom is -0.328 e. The number of nitrogens with zero attached hydrogens (tertiary/aromatic N) is 4. The van der Waals surface area contributed by atoms with Gasteiger partial charge < -0.3 is 10.2 Å². The molecular formula is C22H25N5O2S. The summed E-state index contributed by atoms with van der Waals surface area (Å²) in [6, 6.07) is 11.5. The summed E-state index contributed by atoms with van der Waals surface area (Å²) in [6.45, 7) is 4.73. The van der Waals surface area contributed by atoms with E-state index in [0.29, 0.717) is 11.5 Å². The highest BCUT2D eigenvalue weighted by molar-refractivity contribution is 7.16. The number of benzene rings is 1. The first-order valence-electron chi connectivity index (χ1n) is 10.5. The van der Waals surface area contributed by atoms with E-state index in [-0.39, 0.29) is 29.1 Å². The van der Waals surface area contributed by atoms with E-state index < -0.39 is 0 Å². The monoisotopic (exact) mass is 423 g/mol. The SMILES string of the molecule is CC(C)c1cc(=O)n2nc([C@H]3CCCN3C(=O)NC3(c4ccccc4)CC3)sc2n1. The molecule has 0 unspecified atom stereocenters. The minimum atomic E-state index is -0.246. The van der Waals surface area contributed by atoms with Crippen LogP contribution in [0.1, 0.15) is 67.8 Å². The first-order valence-corrected chi connectivity index (χ1v) is 11.3. The van der Waals surface area contributed by atoms with Crippen LogP contribution < -0.4 is 10.9 Å². The van der Waals surface area contributed by atoms with Gasteiger partial charge in [-0.2, -0.15) is 9.61 Å². The Labute approximate surface area is 178 Å². The molecule has 1 atom stereocenters. The number of amides is 2. The van der Waals surface area contributed by atoms with Crippen LogP contribution in [0.15, 0.2) is 41.2 Å². The van der Waals surface area contributed by atoms with Crippen LogP contribution >= 0.6 is 11.3 Å². The maximum atomic E-state index is 13.2. The van der Waals surface area contributed by atoms with E-state index in [1.165, 1.54) is 15.9 Å². The van der Waals surface area contributed by atoms with Gasteiger partial charge in [-0.1, -0.05) is 55.5 Å². The van der Waals surface area contributed by atoms with E-state index in [0.717, 1.165) is 41.9 Å². The molecule has 5 rings (SSSR count). The van der Waals surface area contributed by atoms with Crippen LogP contribution in [-0.2, 0) is 5.54 Å². The number of aromatic nitrogens is 3. The second-order valence-corrected chi connectivity index (χ2v) is 9.53. The van der Waals surface area contributed by atoms with Gasteiger partial charge in [0.05, 0.1) is 17.3 Å². The number of carbonyl (C=O) groups excluding carboxylic acids is 1. The molecule has 1 saturated heterocycles. The zero-order valence-corrected chi connectivity index (χ0v) is 18.0. The van der Waals surface area contributed by atoms with Crippen LogP contribution in [0.25, 0.3) is 4.96 Å². The Hall–Kier alpha value is -2.74. The van der Waals surface area contributed by atoms with Crippen LogP contribution in [0.5, 0.6) is 0 Å². The normalized spacial score (nSPS) is 20.1. The number of rotatable bonds is 4. The number of urea groups is 1. The van der Waals surface area contributed by atoms with Crippen molar-refractivity contribution in [3.63, 3.8) is 0 Å². The first kappa shape index (κ1) is 19.2. The Balaban J connectivity index is 1.41. The van der Waals surface area contributed by atoms with Crippen molar-refractivity contribution in [2.75, 3.05) is 6.54 Å². The molecular weight excluding hydrogens is 398 g/mol. The van der Waals surface area contributed by atoms with Crippen LogP contribution in [-0.4, -0.2) is 32.1 Å². The molecule has 2 aromatic heterocycles. The minimum absolute atomic E-state index is 0.0544. The van der Waals surface area contributed by atoms with Gasteiger partial charge in [-0.3, -0.25) is 4.79 Å².